The van der Waals surface area contributed by atoms with Gasteiger partial charge in [0.25, 0.3) is 0 Å². The predicted molar refractivity (Wildman–Crippen MR) is 79.8 cm³/mol. The zero-order valence-corrected chi connectivity index (χ0v) is 12.2. The van der Waals surface area contributed by atoms with E-state index in [0.29, 0.717) is 11.3 Å². The average Bonchev–Trinajstić information content (AvgIpc) is 2.43. The molecule has 0 aliphatic heterocycles. The minimum Gasteiger partial charge on any atom is -0.457 e. The molecule has 2 aromatic carbocycles. The Labute approximate surface area is 119 Å². The van der Waals surface area contributed by atoms with Crippen molar-refractivity contribution in [3.05, 3.63) is 58.9 Å². The van der Waals surface area contributed by atoms with E-state index in [4.69, 9.17) is 4.74 Å². The highest BCUT2D eigenvalue weighted by Crippen LogP contribution is 2.27. The Hall–Kier alpha value is -1.87. The molecular formula is C17H20FNO. The molecule has 20 heavy (non-hydrogen) atoms. The maximum Gasteiger partial charge on any atom is 0.131 e. The van der Waals surface area contributed by atoms with Crippen LogP contribution < -0.4 is 10.1 Å². The van der Waals surface area contributed by atoms with Gasteiger partial charge in [-0.2, -0.15) is 0 Å². The molecule has 0 saturated carbocycles. The molecule has 0 amide bonds. The van der Waals surface area contributed by atoms with Crippen LogP contribution >= 0.6 is 0 Å². The first-order valence-electron chi connectivity index (χ1n) is 6.84. The molecule has 0 heterocycles. The van der Waals surface area contributed by atoms with Crippen molar-refractivity contribution < 1.29 is 9.13 Å². The van der Waals surface area contributed by atoms with Crippen LogP contribution in [-0.4, -0.2) is 6.54 Å². The van der Waals surface area contributed by atoms with Gasteiger partial charge in [0.2, 0.25) is 0 Å². The van der Waals surface area contributed by atoms with Crippen molar-refractivity contribution in [1.82, 2.24) is 5.32 Å². The van der Waals surface area contributed by atoms with E-state index in [1.807, 2.05) is 12.1 Å². The van der Waals surface area contributed by atoms with Crippen LogP contribution in [0.15, 0.2) is 36.4 Å². The van der Waals surface area contributed by atoms with E-state index in [1.165, 1.54) is 11.6 Å². The Kier molecular flexibility index (Phi) is 4.74. The van der Waals surface area contributed by atoms with Gasteiger partial charge in [0.15, 0.2) is 0 Å². The van der Waals surface area contributed by atoms with E-state index in [-0.39, 0.29) is 5.82 Å². The lowest BCUT2D eigenvalue weighted by Gasteiger charge is -2.13. The third-order valence-electron chi connectivity index (χ3n) is 3.14. The summed E-state index contributed by atoms with van der Waals surface area (Å²) in [5.41, 5.74) is 2.89. The second kappa shape index (κ2) is 6.53. The smallest absolute Gasteiger partial charge is 0.131 e. The Balaban J connectivity index is 2.25. The molecule has 0 aliphatic carbocycles. The molecule has 0 aliphatic rings. The van der Waals surface area contributed by atoms with Crippen molar-refractivity contribution in [3.63, 3.8) is 0 Å². The van der Waals surface area contributed by atoms with Crippen molar-refractivity contribution in [2.45, 2.75) is 27.3 Å². The molecule has 0 fully saturated rings. The van der Waals surface area contributed by atoms with Gasteiger partial charge in [-0.05, 0) is 50.2 Å². The Morgan fingerprint density at radius 1 is 1.10 bits per heavy atom. The summed E-state index contributed by atoms with van der Waals surface area (Å²) < 4.78 is 19.2. The largest absolute Gasteiger partial charge is 0.457 e. The molecule has 0 saturated heterocycles. The van der Waals surface area contributed by atoms with E-state index in [1.54, 1.807) is 19.1 Å². The monoisotopic (exact) mass is 273 g/mol. The van der Waals surface area contributed by atoms with Crippen molar-refractivity contribution in [2.75, 3.05) is 6.54 Å². The van der Waals surface area contributed by atoms with Crippen molar-refractivity contribution in [1.29, 1.82) is 0 Å². The quantitative estimate of drug-likeness (QED) is 0.874. The van der Waals surface area contributed by atoms with Crippen molar-refractivity contribution in [2.24, 2.45) is 0 Å². The molecule has 0 atom stereocenters. The fraction of sp³-hybridized carbons (Fsp3) is 0.294. The van der Waals surface area contributed by atoms with E-state index in [0.717, 1.165) is 24.4 Å². The molecule has 0 bridgehead atoms. The normalized spacial score (nSPS) is 10.6. The van der Waals surface area contributed by atoms with Gasteiger partial charge in [0.05, 0.1) is 0 Å². The summed E-state index contributed by atoms with van der Waals surface area (Å²) in [7, 11) is 0. The van der Waals surface area contributed by atoms with Gasteiger partial charge in [0, 0.05) is 12.1 Å². The summed E-state index contributed by atoms with van der Waals surface area (Å²) in [6.45, 7) is 7.52. The fourth-order valence-corrected chi connectivity index (χ4v) is 2.01. The lowest BCUT2D eigenvalue weighted by Crippen LogP contribution is -2.12. The number of hydrogen-bond donors (Lipinski definition) is 1. The van der Waals surface area contributed by atoms with Crippen molar-refractivity contribution in [3.8, 4) is 11.5 Å². The maximum atomic E-state index is 13.3. The van der Waals surface area contributed by atoms with Gasteiger partial charge in [-0.1, -0.05) is 24.6 Å². The van der Waals surface area contributed by atoms with E-state index in [2.05, 4.69) is 25.2 Å². The number of nitrogens with one attached hydrogen (secondary N) is 1. The minimum absolute atomic E-state index is 0.214. The number of ether oxygens (including phenoxy) is 1. The molecule has 1 N–H and O–H groups in total. The second-order valence-corrected chi connectivity index (χ2v) is 4.90. The average molecular weight is 273 g/mol. The number of hydrogen-bond acceptors (Lipinski definition) is 2. The predicted octanol–water partition coefficient (Wildman–Crippen LogP) is 4.34. The van der Waals surface area contributed by atoms with E-state index < -0.39 is 0 Å². The summed E-state index contributed by atoms with van der Waals surface area (Å²) in [6.07, 6.45) is 0. The summed E-state index contributed by atoms with van der Waals surface area (Å²) in [5, 5.41) is 3.30. The van der Waals surface area contributed by atoms with Crippen LogP contribution in [0.25, 0.3) is 0 Å². The van der Waals surface area contributed by atoms with Crippen LogP contribution in [0.2, 0.25) is 0 Å². The highest BCUT2D eigenvalue weighted by Gasteiger charge is 2.06. The SMILES string of the molecule is CCNCc1cc(C)ccc1Oc1ccc(F)c(C)c1. The van der Waals surface area contributed by atoms with Gasteiger partial charge in [-0.25, -0.2) is 4.39 Å². The highest BCUT2D eigenvalue weighted by atomic mass is 19.1. The third-order valence-corrected chi connectivity index (χ3v) is 3.14. The van der Waals surface area contributed by atoms with Gasteiger partial charge in [-0.15, -0.1) is 0 Å². The Morgan fingerprint density at radius 2 is 1.90 bits per heavy atom. The second-order valence-electron chi connectivity index (χ2n) is 4.90. The first-order valence-corrected chi connectivity index (χ1v) is 6.84. The number of halogens is 1. The first-order chi connectivity index (χ1) is 9.60. The van der Waals surface area contributed by atoms with Crippen LogP contribution in [-0.2, 0) is 6.54 Å². The van der Waals surface area contributed by atoms with Gasteiger partial charge < -0.3 is 10.1 Å². The topological polar surface area (TPSA) is 21.3 Å². The van der Waals surface area contributed by atoms with Gasteiger partial charge >= 0.3 is 0 Å². The summed E-state index contributed by atoms with van der Waals surface area (Å²) in [6, 6.07) is 10.9. The molecule has 106 valence electrons. The molecule has 2 rings (SSSR count). The number of rotatable bonds is 5. The summed E-state index contributed by atoms with van der Waals surface area (Å²) in [4.78, 5) is 0. The van der Waals surface area contributed by atoms with Crippen LogP contribution in [0.3, 0.4) is 0 Å². The summed E-state index contributed by atoms with van der Waals surface area (Å²) >= 11 is 0. The molecule has 0 spiro atoms. The Bertz CT molecular complexity index is 596. The van der Waals surface area contributed by atoms with Crippen LogP contribution in [0, 0.1) is 19.7 Å². The van der Waals surface area contributed by atoms with E-state index >= 15 is 0 Å². The summed E-state index contributed by atoms with van der Waals surface area (Å²) in [5.74, 6) is 1.25. The minimum atomic E-state index is -0.214. The standard InChI is InChI=1S/C17H20FNO/c1-4-19-11-14-9-12(2)5-8-17(14)20-15-6-7-16(18)13(3)10-15/h5-10,19H,4,11H2,1-3H3. The molecule has 2 nitrogen and oxygen atoms in total. The van der Waals surface area contributed by atoms with E-state index in [9.17, 15) is 4.39 Å². The molecule has 0 unspecified atom stereocenters. The van der Waals surface area contributed by atoms with Gasteiger partial charge in [-0.3, -0.25) is 0 Å². The molecule has 2 aromatic rings. The number of aryl methyl sites for hydroxylation is 2. The van der Waals surface area contributed by atoms with Crippen LogP contribution in [0.4, 0.5) is 4.39 Å². The molecule has 3 heteroatoms. The lowest BCUT2D eigenvalue weighted by molar-refractivity contribution is 0.470. The zero-order chi connectivity index (χ0) is 14.5. The molecule has 0 aromatic heterocycles. The highest BCUT2D eigenvalue weighted by molar-refractivity contribution is 5.41. The lowest BCUT2D eigenvalue weighted by atomic mass is 10.1. The van der Waals surface area contributed by atoms with Crippen LogP contribution in [0.5, 0.6) is 11.5 Å². The van der Waals surface area contributed by atoms with Crippen LogP contribution in [0.1, 0.15) is 23.6 Å². The Morgan fingerprint density at radius 3 is 2.60 bits per heavy atom. The van der Waals surface area contributed by atoms with Gasteiger partial charge in [0.1, 0.15) is 17.3 Å². The number of benzene rings is 2. The zero-order valence-electron chi connectivity index (χ0n) is 12.2. The fourth-order valence-electron chi connectivity index (χ4n) is 2.01. The third kappa shape index (κ3) is 3.58. The maximum absolute atomic E-state index is 13.3. The van der Waals surface area contributed by atoms with Crippen molar-refractivity contribution >= 4 is 0 Å². The molecular weight excluding hydrogens is 253 g/mol. The first kappa shape index (κ1) is 14.5. The molecule has 0 radical (unpaired) electrons.